The Labute approximate surface area is 109 Å². The fourth-order valence-electron chi connectivity index (χ4n) is 2.26. The lowest BCUT2D eigenvalue weighted by atomic mass is 10.2. The lowest BCUT2D eigenvalue weighted by molar-refractivity contribution is -0.123. The van der Waals surface area contributed by atoms with Crippen molar-refractivity contribution in [3.05, 3.63) is 0 Å². The summed E-state index contributed by atoms with van der Waals surface area (Å²) in [5.74, 6) is 0.133. The van der Waals surface area contributed by atoms with Crippen LogP contribution in [0.15, 0.2) is 0 Å². The van der Waals surface area contributed by atoms with Crippen LogP contribution in [0.1, 0.15) is 20.8 Å². The van der Waals surface area contributed by atoms with Crippen molar-refractivity contribution in [2.24, 2.45) is 0 Å². The molecule has 0 bridgehead atoms. The first-order valence-corrected chi connectivity index (χ1v) is 7.64. The van der Waals surface area contributed by atoms with Crippen molar-refractivity contribution in [1.82, 2.24) is 15.5 Å². The average molecular weight is 259 g/mol. The first-order chi connectivity index (χ1) is 8.08. The third kappa shape index (κ3) is 4.48. The molecule has 0 radical (unpaired) electrons. The van der Waals surface area contributed by atoms with Gasteiger partial charge >= 0.3 is 0 Å². The van der Waals surface area contributed by atoms with E-state index in [1.165, 1.54) is 0 Å². The van der Waals surface area contributed by atoms with E-state index < -0.39 is 0 Å². The van der Waals surface area contributed by atoms with Crippen LogP contribution >= 0.6 is 11.8 Å². The SMILES string of the molecule is CCN(CC(=O)NC(C)C)C1CNCC1SC. The first kappa shape index (κ1) is 14.8. The molecule has 0 saturated carbocycles. The molecule has 1 aliphatic rings. The summed E-state index contributed by atoms with van der Waals surface area (Å²) in [5, 5.41) is 6.96. The highest BCUT2D eigenvalue weighted by Crippen LogP contribution is 2.19. The molecule has 0 aromatic heterocycles. The number of carbonyl (C=O) groups excluding carboxylic acids is 1. The maximum Gasteiger partial charge on any atom is 0.234 e. The highest BCUT2D eigenvalue weighted by atomic mass is 32.2. The topological polar surface area (TPSA) is 44.4 Å². The lowest BCUT2D eigenvalue weighted by Crippen LogP contribution is -2.48. The molecule has 100 valence electrons. The van der Waals surface area contributed by atoms with Crippen molar-refractivity contribution in [2.75, 3.05) is 32.4 Å². The summed E-state index contributed by atoms with van der Waals surface area (Å²) in [7, 11) is 0. The minimum Gasteiger partial charge on any atom is -0.353 e. The largest absolute Gasteiger partial charge is 0.353 e. The number of nitrogens with zero attached hydrogens (tertiary/aromatic N) is 1. The number of nitrogens with one attached hydrogen (secondary N) is 2. The van der Waals surface area contributed by atoms with Gasteiger partial charge in [-0.25, -0.2) is 0 Å². The molecular weight excluding hydrogens is 234 g/mol. The smallest absolute Gasteiger partial charge is 0.234 e. The zero-order valence-corrected chi connectivity index (χ0v) is 12.1. The fraction of sp³-hybridized carbons (Fsp3) is 0.917. The molecule has 2 N–H and O–H groups in total. The molecular formula is C12H25N3OS. The second-order valence-corrected chi connectivity index (χ2v) is 5.86. The maximum absolute atomic E-state index is 11.8. The predicted molar refractivity (Wildman–Crippen MR) is 74.5 cm³/mol. The number of likely N-dealkylation sites (N-methyl/N-ethyl adjacent to an activating group) is 1. The Bertz CT molecular complexity index is 248. The van der Waals surface area contributed by atoms with E-state index in [2.05, 4.69) is 28.7 Å². The molecule has 17 heavy (non-hydrogen) atoms. The summed E-state index contributed by atoms with van der Waals surface area (Å²) in [4.78, 5) is 14.1. The fourth-order valence-corrected chi connectivity index (χ4v) is 3.13. The quantitative estimate of drug-likeness (QED) is 0.731. The van der Waals surface area contributed by atoms with Crippen LogP contribution in [0.4, 0.5) is 0 Å². The van der Waals surface area contributed by atoms with Gasteiger partial charge in [-0.15, -0.1) is 0 Å². The minimum absolute atomic E-state index is 0.133. The van der Waals surface area contributed by atoms with Gasteiger partial charge in [0.2, 0.25) is 5.91 Å². The van der Waals surface area contributed by atoms with Crippen molar-refractivity contribution in [3.63, 3.8) is 0 Å². The molecule has 1 saturated heterocycles. The van der Waals surface area contributed by atoms with Crippen molar-refractivity contribution >= 4 is 17.7 Å². The number of hydrogen-bond acceptors (Lipinski definition) is 4. The summed E-state index contributed by atoms with van der Waals surface area (Å²) in [5.41, 5.74) is 0. The Morgan fingerprint density at radius 1 is 1.53 bits per heavy atom. The lowest BCUT2D eigenvalue weighted by Gasteiger charge is -2.30. The van der Waals surface area contributed by atoms with Crippen LogP contribution in [-0.4, -0.2) is 60.6 Å². The van der Waals surface area contributed by atoms with Crippen molar-refractivity contribution in [1.29, 1.82) is 0 Å². The Morgan fingerprint density at radius 3 is 2.76 bits per heavy atom. The van der Waals surface area contributed by atoms with Gasteiger partial charge in [0.15, 0.2) is 0 Å². The number of carbonyl (C=O) groups is 1. The second kappa shape index (κ2) is 7.24. The van der Waals surface area contributed by atoms with Crippen LogP contribution in [0.2, 0.25) is 0 Å². The molecule has 4 nitrogen and oxygen atoms in total. The van der Waals surface area contributed by atoms with Gasteiger partial charge in [0.1, 0.15) is 0 Å². The molecule has 1 aliphatic heterocycles. The molecule has 0 aliphatic carbocycles. The van der Waals surface area contributed by atoms with Gasteiger partial charge in [0, 0.05) is 30.4 Å². The predicted octanol–water partition coefficient (Wildman–Crippen LogP) is 0.536. The van der Waals surface area contributed by atoms with Gasteiger partial charge in [-0.2, -0.15) is 11.8 Å². The third-order valence-electron chi connectivity index (χ3n) is 3.10. The van der Waals surface area contributed by atoms with Crippen LogP contribution in [0.5, 0.6) is 0 Å². The van der Waals surface area contributed by atoms with E-state index in [9.17, 15) is 4.79 Å². The van der Waals surface area contributed by atoms with Gasteiger partial charge in [-0.1, -0.05) is 6.92 Å². The van der Waals surface area contributed by atoms with Gasteiger partial charge in [0.05, 0.1) is 6.54 Å². The Morgan fingerprint density at radius 2 is 2.24 bits per heavy atom. The average Bonchev–Trinajstić information content (AvgIpc) is 2.72. The van der Waals surface area contributed by atoms with E-state index in [0.29, 0.717) is 17.8 Å². The van der Waals surface area contributed by atoms with Gasteiger partial charge < -0.3 is 10.6 Å². The molecule has 2 unspecified atom stereocenters. The van der Waals surface area contributed by atoms with Gasteiger partial charge in [-0.3, -0.25) is 9.69 Å². The summed E-state index contributed by atoms with van der Waals surface area (Å²) >= 11 is 1.89. The second-order valence-electron chi connectivity index (χ2n) is 4.79. The first-order valence-electron chi connectivity index (χ1n) is 6.35. The van der Waals surface area contributed by atoms with E-state index in [-0.39, 0.29) is 11.9 Å². The molecule has 5 heteroatoms. The van der Waals surface area contributed by atoms with E-state index >= 15 is 0 Å². The monoisotopic (exact) mass is 259 g/mol. The zero-order chi connectivity index (χ0) is 12.8. The van der Waals surface area contributed by atoms with E-state index in [1.54, 1.807) is 0 Å². The molecule has 0 aromatic carbocycles. The summed E-state index contributed by atoms with van der Waals surface area (Å²) < 4.78 is 0. The normalized spacial score (nSPS) is 24.6. The van der Waals surface area contributed by atoms with Crippen LogP contribution < -0.4 is 10.6 Å². The van der Waals surface area contributed by atoms with Crippen LogP contribution in [-0.2, 0) is 4.79 Å². The standard InChI is InChI=1S/C12H25N3OS/c1-5-15(8-12(16)14-9(2)3)10-6-13-7-11(10)17-4/h9-11,13H,5-8H2,1-4H3,(H,14,16). The van der Waals surface area contributed by atoms with E-state index in [4.69, 9.17) is 0 Å². The molecule has 2 atom stereocenters. The highest BCUT2D eigenvalue weighted by molar-refractivity contribution is 7.99. The Hall–Kier alpha value is -0.260. The summed E-state index contributed by atoms with van der Waals surface area (Å²) in [6.45, 7) is 9.60. The number of amides is 1. The molecule has 1 fully saturated rings. The van der Waals surface area contributed by atoms with Crippen LogP contribution in [0.25, 0.3) is 0 Å². The molecule has 0 aromatic rings. The number of hydrogen-bond donors (Lipinski definition) is 2. The van der Waals surface area contributed by atoms with Crippen LogP contribution in [0.3, 0.4) is 0 Å². The summed E-state index contributed by atoms with van der Waals surface area (Å²) in [6, 6.07) is 0.701. The van der Waals surface area contributed by atoms with E-state index in [1.807, 2.05) is 25.6 Å². The van der Waals surface area contributed by atoms with Crippen molar-refractivity contribution in [2.45, 2.75) is 38.1 Å². The molecule has 0 spiro atoms. The summed E-state index contributed by atoms with van der Waals surface area (Å²) in [6.07, 6.45) is 2.15. The maximum atomic E-state index is 11.8. The van der Waals surface area contributed by atoms with Gasteiger partial charge in [0.25, 0.3) is 0 Å². The minimum atomic E-state index is 0.133. The Balaban J connectivity index is 2.50. The molecule has 1 heterocycles. The third-order valence-corrected chi connectivity index (χ3v) is 4.19. The van der Waals surface area contributed by atoms with Crippen molar-refractivity contribution in [3.8, 4) is 0 Å². The number of thioether (sulfide) groups is 1. The highest BCUT2D eigenvalue weighted by Gasteiger charge is 2.31. The van der Waals surface area contributed by atoms with E-state index in [0.717, 1.165) is 19.6 Å². The van der Waals surface area contributed by atoms with Crippen LogP contribution in [0, 0.1) is 0 Å². The zero-order valence-electron chi connectivity index (χ0n) is 11.3. The van der Waals surface area contributed by atoms with Gasteiger partial charge in [-0.05, 0) is 26.6 Å². The molecule has 1 rings (SSSR count). The van der Waals surface area contributed by atoms with Crippen molar-refractivity contribution < 1.29 is 4.79 Å². The number of rotatable bonds is 6. The Kier molecular flexibility index (Phi) is 6.30. The molecule has 1 amide bonds.